The molecule has 0 bridgehead atoms. The number of nitrogens with one attached hydrogen (secondary N) is 1. The second-order valence-corrected chi connectivity index (χ2v) is 7.47. The van der Waals surface area contributed by atoms with E-state index in [0.717, 1.165) is 15.6 Å². The van der Waals surface area contributed by atoms with E-state index in [4.69, 9.17) is 9.47 Å². The number of carbonyl (C=O) groups is 1. The predicted octanol–water partition coefficient (Wildman–Crippen LogP) is 2.79. The van der Waals surface area contributed by atoms with Crippen molar-refractivity contribution in [3.63, 3.8) is 0 Å². The number of ether oxygens (including phenoxy) is 2. The van der Waals surface area contributed by atoms with Crippen molar-refractivity contribution < 1.29 is 18.7 Å². The minimum absolute atomic E-state index is 0.114. The maximum absolute atomic E-state index is 13.3. The van der Waals surface area contributed by atoms with Crippen molar-refractivity contribution in [1.82, 2.24) is 10.3 Å². The van der Waals surface area contributed by atoms with Crippen LogP contribution in [0.15, 0.2) is 24.3 Å². The minimum atomic E-state index is -0.348. The average molecular weight is 364 g/mol. The third kappa shape index (κ3) is 4.76. The Kier molecular flexibility index (Phi) is 5.65. The smallest absolute Gasteiger partial charge is 0.226 e. The number of aromatic nitrogens is 1. The first-order valence-electron chi connectivity index (χ1n) is 8.23. The zero-order valence-corrected chi connectivity index (χ0v) is 15.1. The van der Waals surface area contributed by atoms with Gasteiger partial charge in [-0.05, 0) is 26.0 Å². The molecule has 0 saturated carbocycles. The Hall–Kier alpha value is -1.99. The first-order valence-corrected chi connectivity index (χ1v) is 9.05. The maximum Gasteiger partial charge on any atom is 0.226 e. The molecule has 2 heterocycles. The van der Waals surface area contributed by atoms with Crippen molar-refractivity contribution in [3.8, 4) is 5.75 Å². The number of halogens is 1. The van der Waals surface area contributed by atoms with Gasteiger partial charge in [-0.15, -0.1) is 11.3 Å². The summed E-state index contributed by atoms with van der Waals surface area (Å²) >= 11 is 1.58. The second kappa shape index (κ2) is 7.93. The predicted molar refractivity (Wildman–Crippen MR) is 93.5 cm³/mol. The molecule has 1 aromatic heterocycles. The highest BCUT2D eigenvalue weighted by atomic mass is 32.1. The van der Waals surface area contributed by atoms with E-state index in [1.165, 1.54) is 12.1 Å². The molecule has 0 unspecified atom stereocenters. The molecule has 0 radical (unpaired) electrons. The number of nitrogens with zero attached hydrogens (tertiary/aromatic N) is 1. The Bertz CT molecular complexity index is 750. The number of hydrogen-bond donors (Lipinski definition) is 1. The highest BCUT2D eigenvalue weighted by Gasteiger charge is 2.29. The third-order valence-electron chi connectivity index (χ3n) is 4.05. The zero-order valence-electron chi connectivity index (χ0n) is 14.3. The van der Waals surface area contributed by atoms with Crippen LogP contribution in [0.25, 0.3) is 0 Å². The first kappa shape index (κ1) is 17.8. The van der Waals surface area contributed by atoms with Crippen LogP contribution < -0.4 is 10.1 Å². The Balaban J connectivity index is 1.62. The highest BCUT2D eigenvalue weighted by Crippen LogP contribution is 2.20. The molecule has 2 aromatic rings. The topological polar surface area (TPSA) is 60.5 Å². The SMILES string of the molecule is Cc1nc(CC(=O)N[C@@H]2COCC[C@@H]2Oc2cccc(F)c2)c(C)s1. The number of amides is 1. The van der Waals surface area contributed by atoms with Gasteiger partial charge in [0.15, 0.2) is 0 Å². The van der Waals surface area contributed by atoms with Crippen LogP contribution in [-0.4, -0.2) is 36.3 Å². The first-order chi connectivity index (χ1) is 12.0. The van der Waals surface area contributed by atoms with E-state index in [1.807, 2.05) is 13.8 Å². The van der Waals surface area contributed by atoms with Crippen LogP contribution in [0, 0.1) is 19.7 Å². The molecule has 1 N–H and O–H groups in total. The van der Waals surface area contributed by atoms with E-state index in [9.17, 15) is 9.18 Å². The van der Waals surface area contributed by atoms with Gasteiger partial charge >= 0.3 is 0 Å². The zero-order chi connectivity index (χ0) is 17.8. The summed E-state index contributed by atoms with van der Waals surface area (Å²) in [6, 6.07) is 5.75. The van der Waals surface area contributed by atoms with Crippen molar-refractivity contribution >= 4 is 17.2 Å². The van der Waals surface area contributed by atoms with Crippen molar-refractivity contribution in [3.05, 3.63) is 45.7 Å². The Morgan fingerprint density at radius 2 is 2.32 bits per heavy atom. The lowest BCUT2D eigenvalue weighted by Gasteiger charge is -2.32. The van der Waals surface area contributed by atoms with Crippen molar-refractivity contribution in [1.29, 1.82) is 0 Å². The van der Waals surface area contributed by atoms with Gasteiger partial charge in [-0.2, -0.15) is 0 Å². The molecule has 1 fully saturated rings. The van der Waals surface area contributed by atoms with Gasteiger partial charge in [0.2, 0.25) is 5.91 Å². The van der Waals surface area contributed by atoms with Crippen LogP contribution in [0.3, 0.4) is 0 Å². The second-order valence-electron chi connectivity index (χ2n) is 6.06. The lowest BCUT2D eigenvalue weighted by molar-refractivity contribution is -0.123. The van der Waals surface area contributed by atoms with Gasteiger partial charge in [0.25, 0.3) is 0 Å². The lowest BCUT2D eigenvalue weighted by Crippen LogP contribution is -2.52. The molecule has 7 heteroatoms. The number of thiazole rings is 1. The minimum Gasteiger partial charge on any atom is -0.488 e. The summed E-state index contributed by atoms with van der Waals surface area (Å²) < 4.78 is 24.7. The van der Waals surface area contributed by atoms with Gasteiger partial charge in [-0.25, -0.2) is 9.37 Å². The largest absolute Gasteiger partial charge is 0.488 e. The summed E-state index contributed by atoms with van der Waals surface area (Å²) in [5, 5.41) is 3.92. The Morgan fingerprint density at radius 1 is 1.48 bits per heavy atom. The van der Waals surface area contributed by atoms with Gasteiger partial charge in [0, 0.05) is 17.4 Å². The summed E-state index contributed by atoms with van der Waals surface area (Å²) in [7, 11) is 0. The van der Waals surface area contributed by atoms with Gasteiger partial charge in [0.1, 0.15) is 17.7 Å². The van der Waals surface area contributed by atoms with E-state index in [-0.39, 0.29) is 30.3 Å². The molecule has 5 nitrogen and oxygen atoms in total. The number of hydrogen-bond acceptors (Lipinski definition) is 5. The molecule has 0 spiro atoms. The van der Waals surface area contributed by atoms with Crippen LogP contribution in [-0.2, 0) is 16.0 Å². The number of carbonyl (C=O) groups excluding carboxylic acids is 1. The van der Waals surface area contributed by atoms with Gasteiger partial charge in [-0.1, -0.05) is 6.07 Å². The van der Waals surface area contributed by atoms with E-state index in [0.29, 0.717) is 25.4 Å². The molecular formula is C18H21FN2O3S. The maximum atomic E-state index is 13.3. The normalized spacial score (nSPS) is 20.3. The van der Waals surface area contributed by atoms with Gasteiger partial charge in [0.05, 0.1) is 36.4 Å². The standard InChI is InChI=1S/C18H21FN2O3S/c1-11-15(20-12(2)25-11)9-18(22)21-16-10-23-7-6-17(16)24-14-5-3-4-13(19)8-14/h3-5,8,16-17H,6-7,9-10H2,1-2H3,(H,21,22)/t16-,17+/m1/s1. The quantitative estimate of drug-likeness (QED) is 0.886. The van der Waals surface area contributed by atoms with Gasteiger partial charge in [-0.3, -0.25) is 4.79 Å². The summed E-state index contributed by atoms with van der Waals surface area (Å²) in [5.41, 5.74) is 0.805. The summed E-state index contributed by atoms with van der Waals surface area (Å²) in [6.07, 6.45) is 0.619. The van der Waals surface area contributed by atoms with Crippen LogP contribution in [0.2, 0.25) is 0 Å². The molecule has 1 amide bonds. The van der Waals surface area contributed by atoms with E-state index >= 15 is 0 Å². The molecule has 134 valence electrons. The monoisotopic (exact) mass is 364 g/mol. The molecule has 0 aliphatic carbocycles. The molecule has 1 aliphatic rings. The van der Waals surface area contributed by atoms with Crippen molar-refractivity contribution in [2.45, 2.75) is 38.8 Å². The fraction of sp³-hybridized carbons (Fsp3) is 0.444. The Morgan fingerprint density at radius 3 is 3.04 bits per heavy atom. The fourth-order valence-electron chi connectivity index (χ4n) is 2.86. The van der Waals surface area contributed by atoms with Crippen molar-refractivity contribution in [2.75, 3.05) is 13.2 Å². The van der Waals surface area contributed by atoms with E-state index in [2.05, 4.69) is 10.3 Å². The average Bonchev–Trinajstić information content (AvgIpc) is 2.86. The highest BCUT2D eigenvalue weighted by molar-refractivity contribution is 7.11. The van der Waals surface area contributed by atoms with Crippen LogP contribution in [0.1, 0.15) is 22.0 Å². The molecule has 1 aromatic carbocycles. The number of rotatable bonds is 5. The molecule has 3 rings (SSSR count). The summed E-state index contributed by atoms with van der Waals surface area (Å²) in [4.78, 5) is 17.8. The Labute approximate surface area is 150 Å². The van der Waals surface area contributed by atoms with Crippen LogP contribution >= 0.6 is 11.3 Å². The molecule has 25 heavy (non-hydrogen) atoms. The van der Waals surface area contributed by atoms with E-state index < -0.39 is 0 Å². The molecule has 2 atom stereocenters. The lowest BCUT2D eigenvalue weighted by atomic mass is 10.1. The number of aryl methyl sites for hydroxylation is 2. The van der Waals surface area contributed by atoms with Crippen LogP contribution in [0.4, 0.5) is 4.39 Å². The van der Waals surface area contributed by atoms with Crippen molar-refractivity contribution in [2.24, 2.45) is 0 Å². The summed E-state index contributed by atoms with van der Waals surface area (Å²) in [6.45, 7) is 4.82. The van der Waals surface area contributed by atoms with E-state index in [1.54, 1.807) is 23.5 Å². The fourth-order valence-corrected chi connectivity index (χ4v) is 3.69. The number of benzene rings is 1. The molecule has 1 aliphatic heterocycles. The van der Waals surface area contributed by atoms with Crippen LogP contribution in [0.5, 0.6) is 5.75 Å². The summed E-state index contributed by atoms with van der Waals surface area (Å²) in [5.74, 6) is -0.00613. The van der Waals surface area contributed by atoms with Gasteiger partial charge < -0.3 is 14.8 Å². The third-order valence-corrected chi connectivity index (χ3v) is 4.98. The molecular weight excluding hydrogens is 343 g/mol. The molecule has 1 saturated heterocycles.